The molecular formula is C18H22N4O2. The molecule has 2 rings (SSSR count). The first-order valence-corrected chi connectivity index (χ1v) is 8.12. The number of aryl methyl sites for hydroxylation is 1. The van der Waals surface area contributed by atoms with Crippen LogP contribution < -0.4 is 10.2 Å². The van der Waals surface area contributed by atoms with E-state index >= 15 is 0 Å². The van der Waals surface area contributed by atoms with Crippen LogP contribution in [-0.2, 0) is 0 Å². The molecule has 0 aliphatic rings. The number of anilines is 1. The lowest BCUT2D eigenvalue weighted by molar-refractivity contribution is 0.305. The quantitative estimate of drug-likeness (QED) is 0.423. The van der Waals surface area contributed by atoms with Crippen molar-refractivity contribution in [3.8, 4) is 11.8 Å². The van der Waals surface area contributed by atoms with Crippen molar-refractivity contribution in [3.63, 3.8) is 0 Å². The fourth-order valence-electron chi connectivity index (χ4n) is 2.11. The van der Waals surface area contributed by atoms with Crippen molar-refractivity contribution in [1.82, 2.24) is 4.98 Å². The van der Waals surface area contributed by atoms with Gasteiger partial charge in [0.25, 0.3) is 5.88 Å². The lowest BCUT2D eigenvalue weighted by Crippen LogP contribution is -1.97. The first-order chi connectivity index (χ1) is 11.7. The van der Waals surface area contributed by atoms with Crippen LogP contribution in [0.4, 0.5) is 5.88 Å². The molecule has 0 spiro atoms. The predicted molar refractivity (Wildman–Crippen MR) is 93.3 cm³/mol. The van der Waals surface area contributed by atoms with Gasteiger partial charge in [0, 0.05) is 6.92 Å². The highest BCUT2D eigenvalue weighted by atomic mass is 16.5. The number of rotatable bonds is 9. The molecular weight excluding hydrogens is 304 g/mol. The van der Waals surface area contributed by atoms with Gasteiger partial charge in [-0.05, 0) is 36.2 Å². The predicted octanol–water partition coefficient (Wildman–Crippen LogP) is 4.26. The van der Waals surface area contributed by atoms with E-state index in [9.17, 15) is 0 Å². The van der Waals surface area contributed by atoms with Gasteiger partial charge in [0.2, 0.25) is 5.69 Å². The lowest BCUT2D eigenvalue weighted by Gasteiger charge is -2.05. The summed E-state index contributed by atoms with van der Waals surface area (Å²) in [4.78, 5) is 3.93. The van der Waals surface area contributed by atoms with E-state index in [1.807, 2.05) is 30.3 Å². The number of aromatic nitrogens is 1. The second kappa shape index (κ2) is 9.36. The Bertz CT molecular complexity index is 699. The van der Waals surface area contributed by atoms with Gasteiger partial charge in [-0.3, -0.25) is 0 Å². The minimum atomic E-state index is 0.191. The number of hydrogen-bond acceptors (Lipinski definition) is 6. The summed E-state index contributed by atoms with van der Waals surface area (Å²) in [6, 6.07) is 9.62. The van der Waals surface area contributed by atoms with Crippen LogP contribution in [0.15, 0.2) is 33.8 Å². The number of ether oxygens (including phenoxy) is 1. The molecule has 0 fully saturated rings. The summed E-state index contributed by atoms with van der Waals surface area (Å²) in [6.07, 6.45) is 6.41. The topological polar surface area (TPSA) is 83.4 Å². The maximum absolute atomic E-state index is 8.92. The molecule has 126 valence electrons. The van der Waals surface area contributed by atoms with Crippen molar-refractivity contribution >= 4 is 12.1 Å². The van der Waals surface area contributed by atoms with Crippen LogP contribution in [0.3, 0.4) is 0 Å². The Labute approximate surface area is 142 Å². The molecule has 0 bridgehead atoms. The van der Waals surface area contributed by atoms with Crippen LogP contribution in [-0.4, -0.2) is 17.8 Å². The van der Waals surface area contributed by atoms with Crippen molar-refractivity contribution in [2.75, 3.05) is 12.0 Å². The van der Waals surface area contributed by atoms with E-state index in [0.717, 1.165) is 24.3 Å². The Morgan fingerprint density at radius 2 is 2.08 bits per heavy atom. The third-order valence-electron chi connectivity index (χ3n) is 3.37. The van der Waals surface area contributed by atoms with Gasteiger partial charge in [-0.15, -0.1) is 0 Å². The molecule has 0 aliphatic carbocycles. The summed E-state index contributed by atoms with van der Waals surface area (Å²) in [7, 11) is 0. The van der Waals surface area contributed by atoms with E-state index in [0.29, 0.717) is 5.89 Å². The van der Waals surface area contributed by atoms with Gasteiger partial charge in [-0.2, -0.15) is 10.4 Å². The monoisotopic (exact) mass is 326 g/mol. The zero-order valence-corrected chi connectivity index (χ0v) is 14.1. The number of nitriles is 1. The Hall–Kier alpha value is -2.81. The molecule has 24 heavy (non-hydrogen) atoms. The molecule has 6 nitrogen and oxygen atoms in total. The number of nitrogens with zero attached hydrogens (tertiary/aromatic N) is 3. The molecule has 0 amide bonds. The molecule has 0 aliphatic heterocycles. The maximum atomic E-state index is 8.92. The van der Waals surface area contributed by atoms with E-state index in [-0.39, 0.29) is 11.6 Å². The first-order valence-electron chi connectivity index (χ1n) is 8.12. The van der Waals surface area contributed by atoms with Gasteiger partial charge in [-0.1, -0.05) is 26.2 Å². The molecule has 1 N–H and O–H groups in total. The second-order valence-electron chi connectivity index (χ2n) is 5.37. The van der Waals surface area contributed by atoms with E-state index in [1.54, 1.807) is 13.1 Å². The van der Waals surface area contributed by atoms with Crippen LogP contribution in [0, 0.1) is 18.3 Å². The number of benzene rings is 1. The van der Waals surface area contributed by atoms with Gasteiger partial charge in [0.1, 0.15) is 11.8 Å². The Morgan fingerprint density at radius 3 is 2.79 bits per heavy atom. The molecule has 0 radical (unpaired) electrons. The summed E-state index contributed by atoms with van der Waals surface area (Å²) in [5, 5.41) is 13.0. The summed E-state index contributed by atoms with van der Waals surface area (Å²) in [5.74, 6) is 1.53. The number of nitrogens with one attached hydrogen (secondary N) is 1. The molecule has 1 aromatic heterocycles. The lowest BCUT2D eigenvalue weighted by atomic mass is 10.2. The standard InChI is InChI=1S/C18H22N4O2/c1-3-4-5-6-11-23-16-9-7-15(8-10-16)13-20-22-18-17(12-19)21-14(2)24-18/h7-10,13,22H,3-6,11H2,1-2H3. The molecule has 2 aromatic rings. The van der Waals surface area contributed by atoms with Crippen molar-refractivity contribution in [2.45, 2.75) is 39.5 Å². The van der Waals surface area contributed by atoms with E-state index < -0.39 is 0 Å². The summed E-state index contributed by atoms with van der Waals surface area (Å²) < 4.78 is 11.0. The van der Waals surface area contributed by atoms with Crippen molar-refractivity contribution in [1.29, 1.82) is 5.26 Å². The molecule has 1 aromatic carbocycles. The van der Waals surface area contributed by atoms with Gasteiger partial charge in [-0.25, -0.2) is 10.4 Å². The number of hydrogen-bond donors (Lipinski definition) is 1. The molecule has 0 saturated heterocycles. The first kappa shape index (κ1) is 17.5. The van der Waals surface area contributed by atoms with E-state index in [4.69, 9.17) is 14.4 Å². The Kier molecular flexibility index (Phi) is 6.84. The minimum absolute atomic E-state index is 0.191. The number of unbranched alkanes of at least 4 members (excludes halogenated alkanes) is 3. The van der Waals surface area contributed by atoms with Crippen LogP contribution in [0.5, 0.6) is 5.75 Å². The van der Waals surface area contributed by atoms with Crippen LogP contribution in [0.25, 0.3) is 0 Å². The highest BCUT2D eigenvalue weighted by Gasteiger charge is 2.08. The molecule has 0 atom stereocenters. The smallest absolute Gasteiger partial charge is 0.252 e. The molecule has 0 saturated carbocycles. The van der Waals surface area contributed by atoms with Gasteiger partial charge >= 0.3 is 0 Å². The van der Waals surface area contributed by atoms with Crippen molar-refractivity contribution in [3.05, 3.63) is 41.4 Å². The molecule has 6 heteroatoms. The fraction of sp³-hybridized carbons (Fsp3) is 0.389. The van der Waals surface area contributed by atoms with E-state index in [2.05, 4.69) is 22.4 Å². The number of hydrazone groups is 1. The largest absolute Gasteiger partial charge is 0.494 e. The second-order valence-corrected chi connectivity index (χ2v) is 5.37. The van der Waals surface area contributed by atoms with Crippen LogP contribution >= 0.6 is 0 Å². The summed E-state index contributed by atoms with van der Waals surface area (Å²) in [5.41, 5.74) is 3.79. The van der Waals surface area contributed by atoms with Gasteiger partial charge in [0.15, 0.2) is 5.89 Å². The third kappa shape index (κ3) is 5.43. The van der Waals surface area contributed by atoms with Gasteiger partial charge < -0.3 is 9.15 Å². The van der Waals surface area contributed by atoms with Crippen molar-refractivity contribution < 1.29 is 9.15 Å². The van der Waals surface area contributed by atoms with Gasteiger partial charge in [0.05, 0.1) is 12.8 Å². The zero-order chi connectivity index (χ0) is 17.2. The fourth-order valence-corrected chi connectivity index (χ4v) is 2.11. The summed E-state index contributed by atoms with van der Waals surface area (Å²) in [6.45, 7) is 4.62. The maximum Gasteiger partial charge on any atom is 0.252 e. The number of oxazole rings is 1. The SMILES string of the molecule is CCCCCCOc1ccc(C=NNc2oc(C)nc2C#N)cc1. The molecule has 0 unspecified atom stereocenters. The van der Waals surface area contributed by atoms with Crippen LogP contribution in [0.1, 0.15) is 49.8 Å². The molecule has 1 heterocycles. The van der Waals surface area contributed by atoms with E-state index in [1.165, 1.54) is 19.3 Å². The van der Waals surface area contributed by atoms with Crippen LogP contribution in [0.2, 0.25) is 0 Å². The average molecular weight is 326 g/mol. The third-order valence-corrected chi connectivity index (χ3v) is 3.37. The Balaban J connectivity index is 1.81. The zero-order valence-electron chi connectivity index (χ0n) is 14.1. The highest BCUT2D eigenvalue weighted by Crippen LogP contribution is 2.16. The van der Waals surface area contributed by atoms with Crippen molar-refractivity contribution in [2.24, 2.45) is 5.10 Å². The normalized spacial score (nSPS) is 10.7. The Morgan fingerprint density at radius 1 is 1.29 bits per heavy atom. The minimum Gasteiger partial charge on any atom is -0.494 e. The highest BCUT2D eigenvalue weighted by molar-refractivity contribution is 5.80. The average Bonchev–Trinajstić information content (AvgIpc) is 2.96. The summed E-state index contributed by atoms with van der Waals surface area (Å²) >= 11 is 0.